The Morgan fingerprint density at radius 3 is 2.58 bits per heavy atom. The molecule has 0 unspecified atom stereocenters. The summed E-state index contributed by atoms with van der Waals surface area (Å²) in [6, 6.07) is 6.12. The highest BCUT2D eigenvalue weighted by atomic mass is 32.1. The Hall–Kier alpha value is -1.46. The van der Waals surface area contributed by atoms with E-state index in [1.54, 1.807) is 0 Å². The summed E-state index contributed by atoms with van der Waals surface area (Å²) < 4.78 is 5.74. The van der Waals surface area contributed by atoms with Crippen molar-refractivity contribution < 1.29 is 4.74 Å². The molecule has 0 atom stereocenters. The molecular formula is C14H19N3OS. The number of hydrogen-bond donors (Lipinski definition) is 1. The molecular weight excluding hydrogens is 258 g/mol. The average Bonchev–Trinajstić information content (AvgIpc) is 2.76. The predicted molar refractivity (Wildman–Crippen MR) is 77.9 cm³/mol. The lowest BCUT2D eigenvalue weighted by molar-refractivity contribution is 0.472. The van der Waals surface area contributed by atoms with Crippen LogP contribution in [0, 0.1) is 13.8 Å². The van der Waals surface area contributed by atoms with E-state index in [2.05, 4.69) is 42.4 Å². The van der Waals surface area contributed by atoms with Crippen LogP contribution >= 0.6 is 11.3 Å². The third kappa shape index (κ3) is 4.29. The van der Waals surface area contributed by atoms with Gasteiger partial charge in [-0.15, -0.1) is 5.10 Å². The van der Waals surface area contributed by atoms with E-state index in [0.29, 0.717) is 5.19 Å². The van der Waals surface area contributed by atoms with Crippen molar-refractivity contribution in [3.8, 4) is 10.9 Å². The zero-order chi connectivity index (χ0) is 13.7. The van der Waals surface area contributed by atoms with Crippen LogP contribution in [0.3, 0.4) is 0 Å². The van der Waals surface area contributed by atoms with Gasteiger partial charge in [0.15, 0.2) is 0 Å². The zero-order valence-corrected chi connectivity index (χ0v) is 12.4. The molecule has 0 aliphatic carbocycles. The highest BCUT2D eigenvalue weighted by Crippen LogP contribution is 2.26. The molecule has 0 aliphatic heterocycles. The van der Waals surface area contributed by atoms with E-state index in [9.17, 15) is 0 Å². The van der Waals surface area contributed by atoms with Crippen molar-refractivity contribution in [1.29, 1.82) is 0 Å². The predicted octanol–water partition coefficient (Wildman–Crippen LogP) is 3.45. The maximum absolute atomic E-state index is 5.74. The molecule has 102 valence electrons. The third-order valence-electron chi connectivity index (χ3n) is 2.55. The highest BCUT2D eigenvalue weighted by molar-refractivity contribution is 7.13. The first-order valence-corrected chi connectivity index (χ1v) is 7.28. The zero-order valence-electron chi connectivity index (χ0n) is 11.6. The van der Waals surface area contributed by atoms with Crippen LogP contribution in [0.15, 0.2) is 18.2 Å². The van der Waals surface area contributed by atoms with Crippen LogP contribution in [-0.2, 0) is 6.54 Å². The van der Waals surface area contributed by atoms with Crippen molar-refractivity contribution in [1.82, 2.24) is 15.5 Å². The van der Waals surface area contributed by atoms with Gasteiger partial charge in [0.25, 0.3) is 5.19 Å². The molecule has 1 N–H and O–H groups in total. The second-order valence-corrected chi connectivity index (χ2v) is 5.59. The van der Waals surface area contributed by atoms with Crippen molar-refractivity contribution in [2.24, 2.45) is 0 Å². The average molecular weight is 277 g/mol. The van der Waals surface area contributed by atoms with Crippen molar-refractivity contribution in [3.05, 3.63) is 34.3 Å². The lowest BCUT2D eigenvalue weighted by Gasteiger charge is -2.03. The van der Waals surface area contributed by atoms with E-state index in [-0.39, 0.29) is 0 Å². The molecule has 0 aliphatic rings. The van der Waals surface area contributed by atoms with Crippen LogP contribution in [0.2, 0.25) is 0 Å². The number of aromatic nitrogens is 2. The summed E-state index contributed by atoms with van der Waals surface area (Å²) >= 11 is 1.48. The maximum atomic E-state index is 5.74. The van der Waals surface area contributed by atoms with Crippen LogP contribution in [0.1, 0.15) is 29.5 Å². The molecule has 1 aromatic carbocycles. The Morgan fingerprint density at radius 1 is 1.16 bits per heavy atom. The largest absolute Gasteiger partial charge is 0.430 e. The van der Waals surface area contributed by atoms with Crippen molar-refractivity contribution in [2.75, 3.05) is 6.54 Å². The van der Waals surface area contributed by atoms with Crippen molar-refractivity contribution in [2.45, 2.75) is 33.7 Å². The van der Waals surface area contributed by atoms with Crippen LogP contribution < -0.4 is 10.1 Å². The molecule has 0 bridgehead atoms. The van der Waals surface area contributed by atoms with Gasteiger partial charge < -0.3 is 10.1 Å². The summed E-state index contributed by atoms with van der Waals surface area (Å²) in [7, 11) is 0. The van der Waals surface area contributed by atoms with Gasteiger partial charge in [0, 0.05) is 6.54 Å². The van der Waals surface area contributed by atoms with Crippen LogP contribution in [-0.4, -0.2) is 16.7 Å². The number of ether oxygens (including phenoxy) is 1. The van der Waals surface area contributed by atoms with E-state index in [4.69, 9.17) is 4.74 Å². The Kier molecular flexibility index (Phi) is 4.87. The van der Waals surface area contributed by atoms with Gasteiger partial charge in [-0.2, -0.15) is 0 Å². The fourth-order valence-electron chi connectivity index (χ4n) is 1.82. The summed E-state index contributed by atoms with van der Waals surface area (Å²) in [4.78, 5) is 0. The van der Waals surface area contributed by atoms with Gasteiger partial charge in [-0.25, -0.2) is 0 Å². The first kappa shape index (κ1) is 14.0. The molecule has 0 saturated heterocycles. The first-order valence-electron chi connectivity index (χ1n) is 6.46. The van der Waals surface area contributed by atoms with Crippen LogP contribution in [0.4, 0.5) is 0 Å². The van der Waals surface area contributed by atoms with Gasteiger partial charge in [0.05, 0.1) is 0 Å². The molecule has 2 aromatic rings. The minimum Gasteiger partial charge on any atom is -0.430 e. The number of benzene rings is 1. The van der Waals surface area contributed by atoms with Crippen molar-refractivity contribution >= 4 is 11.3 Å². The molecule has 19 heavy (non-hydrogen) atoms. The topological polar surface area (TPSA) is 47.0 Å². The number of aryl methyl sites for hydroxylation is 2. The van der Waals surface area contributed by atoms with E-state index in [1.165, 1.54) is 22.5 Å². The van der Waals surface area contributed by atoms with Gasteiger partial charge in [-0.05, 0) is 50.1 Å². The van der Waals surface area contributed by atoms with E-state index in [1.807, 2.05) is 12.1 Å². The molecule has 0 spiro atoms. The number of nitrogens with zero attached hydrogens (tertiary/aromatic N) is 2. The molecule has 1 aromatic heterocycles. The van der Waals surface area contributed by atoms with Crippen LogP contribution in [0.25, 0.3) is 0 Å². The number of hydrogen-bond acceptors (Lipinski definition) is 5. The lowest BCUT2D eigenvalue weighted by Crippen LogP contribution is -2.13. The summed E-state index contributed by atoms with van der Waals surface area (Å²) in [6.07, 6.45) is 1.12. The Labute approximate surface area is 117 Å². The van der Waals surface area contributed by atoms with E-state index >= 15 is 0 Å². The lowest BCUT2D eigenvalue weighted by atomic mass is 10.1. The van der Waals surface area contributed by atoms with Gasteiger partial charge in [0.1, 0.15) is 10.8 Å². The van der Waals surface area contributed by atoms with Crippen molar-refractivity contribution in [3.63, 3.8) is 0 Å². The van der Waals surface area contributed by atoms with E-state index < -0.39 is 0 Å². The smallest absolute Gasteiger partial charge is 0.299 e. The molecule has 4 nitrogen and oxygen atoms in total. The second-order valence-electron chi connectivity index (χ2n) is 4.56. The minimum absolute atomic E-state index is 0.596. The summed E-state index contributed by atoms with van der Waals surface area (Å²) in [6.45, 7) is 8.00. The van der Waals surface area contributed by atoms with Gasteiger partial charge in [0.2, 0.25) is 0 Å². The van der Waals surface area contributed by atoms with E-state index in [0.717, 1.165) is 30.3 Å². The maximum Gasteiger partial charge on any atom is 0.299 e. The quantitative estimate of drug-likeness (QED) is 0.822. The monoisotopic (exact) mass is 277 g/mol. The van der Waals surface area contributed by atoms with Gasteiger partial charge in [-0.3, -0.25) is 0 Å². The summed E-state index contributed by atoms with van der Waals surface area (Å²) in [5.41, 5.74) is 2.37. The fraction of sp³-hybridized carbons (Fsp3) is 0.429. The first-order chi connectivity index (χ1) is 9.17. The second kappa shape index (κ2) is 6.63. The molecule has 0 amide bonds. The third-order valence-corrected chi connectivity index (χ3v) is 3.35. The van der Waals surface area contributed by atoms with Gasteiger partial charge >= 0.3 is 0 Å². The van der Waals surface area contributed by atoms with Crippen LogP contribution in [0.5, 0.6) is 10.9 Å². The Bertz CT molecular complexity index is 519. The molecule has 2 rings (SSSR count). The van der Waals surface area contributed by atoms with Gasteiger partial charge in [-0.1, -0.05) is 29.4 Å². The SMILES string of the molecule is CCCNCc1nnc(Oc2cc(C)cc(C)c2)s1. The Balaban J connectivity index is 1.99. The summed E-state index contributed by atoms with van der Waals surface area (Å²) in [5.74, 6) is 0.821. The number of rotatable bonds is 6. The summed E-state index contributed by atoms with van der Waals surface area (Å²) in [5, 5.41) is 13.0. The molecule has 5 heteroatoms. The minimum atomic E-state index is 0.596. The normalized spacial score (nSPS) is 10.7. The molecule has 0 fully saturated rings. The Morgan fingerprint density at radius 2 is 1.89 bits per heavy atom. The molecule has 0 saturated carbocycles. The number of nitrogens with one attached hydrogen (secondary N) is 1. The molecule has 0 radical (unpaired) electrons. The fourth-order valence-corrected chi connectivity index (χ4v) is 2.49. The standard InChI is InChI=1S/C14H19N3OS/c1-4-5-15-9-13-16-17-14(19-13)18-12-7-10(2)6-11(3)8-12/h6-8,15H,4-5,9H2,1-3H3. The molecule has 1 heterocycles. The highest BCUT2D eigenvalue weighted by Gasteiger charge is 2.06.